The van der Waals surface area contributed by atoms with Gasteiger partial charge in [0.15, 0.2) is 0 Å². The maximum absolute atomic E-state index is 12.7. The van der Waals surface area contributed by atoms with Gasteiger partial charge in [0.2, 0.25) is 0 Å². The quantitative estimate of drug-likeness (QED) is 0.245. The topological polar surface area (TPSA) is 50.1 Å². The molecule has 3 heteroatoms. The molecule has 2 aromatic carbocycles. The molecule has 0 amide bonds. The van der Waals surface area contributed by atoms with Crippen LogP contribution in [0.3, 0.4) is 0 Å². The summed E-state index contributed by atoms with van der Waals surface area (Å²) < 4.78 is 5.52. The number of esters is 1. The SMILES string of the molecule is CCCCCCCC(=Cc1ccccc1)C(=O)Oc1ccccc1C#N. The molecule has 0 bridgehead atoms. The molecule has 0 N–H and O–H groups in total. The molecule has 0 heterocycles. The second-order valence-electron chi connectivity index (χ2n) is 6.24. The standard InChI is InChI=1S/C23H25NO2/c1-2-3-4-5-9-14-20(17-19-12-7-6-8-13-19)23(25)26-22-16-11-10-15-21(22)18-24/h6-8,10-13,15-17H,2-5,9,14H2,1H3. The van der Waals surface area contributed by atoms with Gasteiger partial charge in [0.25, 0.3) is 0 Å². The summed E-state index contributed by atoms with van der Waals surface area (Å²) in [7, 11) is 0. The van der Waals surface area contributed by atoms with E-state index < -0.39 is 0 Å². The third-order valence-electron chi connectivity index (χ3n) is 4.16. The molecular formula is C23H25NO2. The molecule has 0 aliphatic heterocycles. The zero-order valence-corrected chi connectivity index (χ0v) is 15.3. The first-order valence-corrected chi connectivity index (χ1v) is 9.21. The minimum Gasteiger partial charge on any atom is -0.422 e. The average Bonchev–Trinajstić information content (AvgIpc) is 2.68. The van der Waals surface area contributed by atoms with E-state index in [0.717, 1.165) is 18.4 Å². The van der Waals surface area contributed by atoms with E-state index in [-0.39, 0.29) is 5.97 Å². The van der Waals surface area contributed by atoms with E-state index in [1.54, 1.807) is 24.3 Å². The summed E-state index contributed by atoms with van der Waals surface area (Å²) in [6.45, 7) is 2.19. The summed E-state index contributed by atoms with van der Waals surface area (Å²) in [5, 5.41) is 9.17. The Labute approximate surface area is 155 Å². The van der Waals surface area contributed by atoms with Crippen LogP contribution in [-0.2, 0) is 4.79 Å². The summed E-state index contributed by atoms with van der Waals surface area (Å²) in [6, 6.07) is 18.6. The Kier molecular flexibility index (Phi) is 8.15. The number of benzene rings is 2. The van der Waals surface area contributed by atoms with Crippen molar-refractivity contribution >= 4 is 12.0 Å². The van der Waals surface area contributed by atoms with E-state index in [1.165, 1.54) is 19.3 Å². The third kappa shape index (κ3) is 6.22. The second kappa shape index (κ2) is 10.9. The number of nitrogens with zero attached hydrogens (tertiary/aromatic N) is 1. The van der Waals surface area contributed by atoms with Crippen LogP contribution in [0.5, 0.6) is 5.75 Å². The van der Waals surface area contributed by atoms with Crippen LogP contribution >= 0.6 is 0 Å². The van der Waals surface area contributed by atoms with Gasteiger partial charge in [-0.3, -0.25) is 0 Å². The predicted molar refractivity (Wildman–Crippen MR) is 105 cm³/mol. The molecule has 3 nitrogen and oxygen atoms in total. The summed E-state index contributed by atoms with van der Waals surface area (Å²) in [6.07, 6.45) is 8.21. The number of rotatable bonds is 9. The van der Waals surface area contributed by atoms with E-state index >= 15 is 0 Å². The van der Waals surface area contributed by atoms with Crippen molar-refractivity contribution in [1.29, 1.82) is 5.26 Å². The number of para-hydroxylation sites is 1. The van der Waals surface area contributed by atoms with Crippen molar-refractivity contribution in [2.45, 2.75) is 45.4 Å². The zero-order valence-electron chi connectivity index (χ0n) is 15.3. The van der Waals surface area contributed by atoms with Crippen LogP contribution in [0, 0.1) is 11.3 Å². The van der Waals surface area contributed by atoms with Crippen molar-refractivity contribution < 1.29 is 9.53 Å². The lowest BCUT2D eigenvalue weighted by Gasteiger charge is -2.10. The maximum atomic E-state index is 12.7. The van der Waals surface area contributed by atoms with Gasteiger partial charge in [-0.1, -0.05) is 75.1 Å². The molecule has 0 saturated heterocycles. The van der Waals surface area contributed by atoms with Crippen LogP contribution in [0.15, 0.2) is 60.2 Å². The molecule has 26 heavy (non-hydrogen) atoms. The minimum absolute atomic E-state index is 0.310. The minimum atomic E-state index is -0.382. The highest BCUT2D eigenvalue weighted by atomic mass is 16.5. The zero-order chi connectivity index (χ0) is 18.6. The molecule has 0 unspecified atom stereocenters. The van der Waals surface area contributed by atoms with Crippen molar-refractivity contribution in [1.82, 2.24) is 0 Å². The van der Waals surface area contributed by atoms with Crippen molar-refractivity contribution in [3.63, 3.8) is 0 Å². The van der Waals surface area contributed by atoms with E-state index in [2.05, 4.69) is 13.0 Å². The van der Waals surface area contributed by atoms with Crippen molar-refractivity contribution in [3.05, 3.63) is 71.3 Å². The largest absolute Gasteiger partial charge is 0.422 e. The van der Waals surface area contributed by atoms with Gasteiger partial charge in [0.1, 0.15) is 11.8 Å². The lowest BCUT2D eigenvalue weighted by molar-refractivity contribution is -0.130. The van der Waals surface area contributed by atoms with Crippen molar-refractivity contribution in [2.24, 2.45) is 0 Å². The maximum Gasteiger partial charge on any atom is 0.339 e. The van der Waals surface area contributed by atoms with Gasteiger partial charge < -0.3 is 4.74 Å². The first-order valence-electron chi connectivity index (χ1n) is 9.21. The number of hydrogen-bond donors (Lipinski definition) is 0. The summed E-state index contributed by atoms with van der Waals surface area (Å²) in [5.41, 5.74) is 1.98. The molecule has 0 aromatic heterocycles. The highest BCUT2D eigenvalue weighted by Crippen LogP contribution is 2.21. The highest BCUT2D eigenvalue weighted by Gasteiger charge is 2.14. The molecule has 0 radical (unpaired) electrons. The predicted octanol–water partition coefficient (Wildman–Crippen LogP) is 5.91. The first-order chi connectivity index (χ1) is 12.7. The van der Waals surface area contributed by atoms with Crippen LogP contribution in [-0.4, -0.2) is 5.97 Å². The molecule has 0 atom stereocenters. The van der Waals surface area contributed by atoms with E-state index in [4.69, 9.17) is 4.74 Å². The molecule has 134 valence electrons. The normalized spacial score (nSPS) is 11.0. The van der Waals surface area contributed by atoms with Gasteiger partial charge in [-0.2, -0.15) is 5.26 Å². The van der Waals surface area contributed by atoms with Gasteiger partial charge in [-0.15, -0.1) is 0 Å². The van der Waals surface area contributed by atoms with E-state index in [9.17, 15) is 10.1 Å². The Morgan fingerprint density at radius 1 is 1.00 bits per heavy atom. The summed E-state index contributed by atoms with van der Waals surface area (Å²) >= 11 is 0. The van der Waals surface area contributed by atoms with Gasteiger partial charge in [-0.05, 0) is 36.6 Å². The fraction of sp³-hybridized carbons (Fsp3) is 0.304. The molecule has 0 aliphatic carbocycles. The Bertz CT molecular complexity index is 772. The number of nitriles is 1. The van der Waals surface area contributed by atoms with E-state index in [0.29, 0.717) is 23.3 Å². The van der Waals surface area contributed by atoms with Crippen LogP contribution in [0.1, 0.15) is 56.6 Å². The van der Waals surface area contributed by atoms with Crippen LogP contribution in [0.25, 0.3) is 6.08 Å². The highest BCUT2D eigenvalue weighted by molar-refractivity contribution is 5.95. The molecule has 0 aliphatic rings. The number of hydrogen-bond acceptors (Lipinski definition) is 3. The monoisotopic (exact) mass is 347 g/mol. The number of ether oxygens (including phenoxy) is 1. The molecule has 0 fully saturated rings. The van der Waals surface area contributed by atoms with Crippen LogP contribution in [0.2, 0.25) is 0 Å². The summed E-state index contributed by atoms with van der Waals surface area (Å²) in [4.78, 5) is 12.7. The van der Waals surface area contributed by atoms with Gasteiger partial charge in [0.05, 0.1) is 5.56 Å². The average molecular weight is 347 g/mol. The van der Waals surface area contributed by atoms with E-state index in [1.807, 2.05) is 36.4 Å². The molecular weight excluding hydrogens is 322 g/mol. The fourth-order valence-corrected chi connectivity index (χ4v) is 2.72. The third-order valence-corrected chi connectivity index (χ3v) is 4.16. The van der Waals surface area contributed by atoms with Crippen LogP contribution in [0.4, 0.5) is 0 Å². The molecule has 0 saturated carbocycles. The number of carbonyl (C=O) groups is 1. The van der Waals surface area contributed by atoms with Gasteiger partial charge in [0, 0.05) is 5.57 Å². The van der Waals surface area contributed by atoms with Crippen molar-refractivity contribution in [3.8, 4) is 11.8 Å². The van der Waals surface area contributed by atoms with Crippen molar-refractivity contribution in [2.75, 3.05) is 0 Å². The van der Waals surface area contributed by atoms with Crippen LogP contribution < -0.4 is 4.74 Å². The Morgan fingerprint density at radius 2 is 1.69 bits per heavy atom. The molecule has 0 spiro atoms. The lowest BCUT2D eigenvalue weighted by atomic mass is 10.0. The second-order valence-corrected chi connectivity index (χ2v) is 6.24. The Morgan fingerprint density at radius 3 is 2.42 bits per heavy atom. The molecule has 2 rings (SSSR count). The fourth-order valence-electron chi connectivity index (χ4n) is 2.72. The number of unbranched alkanes of at least 4 members (excludes halogenated alkanes) is 4. The molecule has 2 aromatic rings. The van der Waals surface area contributed by atoms with Gasteiger partial charge in [-0.25, -0.2) is 4.79 Å². The lowest BCUT2D eigenvalue weighted by Crippen LogP contribution is -2.12. The van der Waals surface area contributed by atoms with Gasteiger partial charge >= 0.3 is 5.97 Å². The smallest absolute Gasteiger partial charge is 0.339 e. The first kappa shape index (κ1) is 19.5. The summed E-state index contributed by atoms with van der Waals surface area (Å²) in [5.74, 6) is -0.0722. The number of carbonyl (C=O) groups excluding carboxylic acids is 1. The Balaban J connectivity index is 2.13. The Hall–Kier alpha value is -2.86.